The van der Waals surface area contributed by atoms with Gasteiger partial charge in [-0.05, 0) is 29.8 Å². The summed E-state index contributed by atoms with van der Waals surface area (Å²) in [5.74, 6) is -0.0869. The summed E-state index contributed by atoms with van der Waals surface area (Å²) < 4.78 is 66.0. The zero-order valence-electron chi connectivity index (χ0n) is 16.1. The predicted octanol–water partition coefficient (Wildman–Crippen LogP) is 5.38. The van der Waals surface area contributed by atoms with E-state index < -0.39 is 12.2 Å². The largest absolute Gasteiger partial charge is 0.573 e. The second-order valence-electron chi connectivity index (χ2n) is 6.62. The smallest absolute Gasteiger partial charge is 0.496 e. The van der Waals surface area contributed by atoms with Gasteiger partial charge < -0.3 is 14.2 Å². The van der Waals surface area contributed by atoms with E-state index in [4.69, 9.17) is 9.47 Å². The van der Waals surface area contributed by atoms with Gasteiger partial charge in [-0.3, -0.25) is 4.90 Å². The Kier molecular flexibility index (Phi) is 6.48. The number of nitrogens with zero attached hydrogens (tertiary/aromatic N) is 1. The minimum Gasteiger partial charge on any atom is -0.496 e. The number of rotatable bonds is 6. The maximum absolute atomic E-state index is 14.3. The standard InChI is InChI=1S/C20H21F4NO3S/c1-12-10-25(11-13-4-6-14(7-5-13)28-20(22,23)24)19(29-12)17-16(26-2)9-8-15(21)18(17)27-3/h4-9,12,19H,10-11H2,1-3H3. The molecule has 1 fully saturated rings. The second-order valence-corrected chi connectivity index (χ2v) is 8.14. The molecule has 0 N–H and O–H groups in total. The van der Waals surface area contributed by atoms with Crippen LogP contribution in [0, 0.1) is 5.82 Å². The van der Waals surface area contributed by atoms with E-state index in [0.29, 0.717) is 17.9 Å². The van der Waals surface area contributed by atoms with Crippen molar-refractivity contribution in [3.8, 4) is 17.2 Å². The molecular formula is C20H21F4NO3S. The van der Waals surface area contributed by atoms with Crippen LogP contribution in [0.25, 0.3) is 0 Å². The van der Waals surface area contributed by atoms with E-state index in [2.05, 4.69) is 16.6 Å². The topological polar surface area (TPSA) is 30.9 Å². The molecule has 2 atom stereocenters. The summed E-state index contributed by atoms with van der Waals surface area (Å²) in [5.41, 5.74) is 1.43. The van der Waals surface area contributed by atoms with Gasteiger partial charge in [0.05, 0.1) is 25.2 Å². The number of thioether (sulfide) groups is 1. The minimum absolute atomic E-state index is 0.134. The van der Waals surface area contributed by atoms with Crippen molar-refractivity contribution in [1.29, 1.82) is 0 Å². The number of methoxy groups -OCH3 is 2. The van der Waals surface area contributed by atoms with Gasteiger partial charge in [-0.25, -0.2) is 4.39 Å². The van der Waals surface area contributed by atoms with Crippen LogP contribution in [-0.4, -0.2) is 37.3 Å². The maximum Gasteiger partial charge on any atom is 0.573 e. The molecule has 1 aliphatic rings. The Hall–Kier alpha value is -2.13. The third kappa shape index (κ3) is 5.08. The van der Waals surface area contributed by atoms with Crippen LogP contribution < -0.4 is 14.2 Å². The van der Waals surface area contributed by atoms with Crippen LogP contribution in [-0.2, 0) is 6.54 Å². The lowest BCUT2D eigenvalue weighted by atomic mass is 10.1. The van der Waals surface area contributed by atoms with Gasteiger partial charge in [0.2, 0.25) is 0 Å². The van der Waals surface area contributed by atoms with E-state index in [-0.39, 0.29) is 22.1 Å². The van der Waals surface area contributed by atoms with Crippen LogP contribution in [0.4, 0.5) is 17.6 Å². The fourth-order valence-corrected chi connectivity index (χ4v) is 4.79. The van der Waals surface area contributed by atoms with Crippen molar-refractivity contribution < 1.29 is 31.8 Å². The van der Waals surface area contributed by atoms with E-state index in [0.717, 1.165) is 12.1 Å². The Labute approximate surface area is 170 Å². The Balaban J connectivity index is 1.86. The van der Waals surface area contributed by atoms with Crippen molar-refractivity contribution in [1.82, 2.24) is 4.90 Å². The van der Waals surface area contributed by atoms with E-state index in [9.17, 15) is 17.6 Å². The van der Waals surface area contributed by atoms with Gasteiger partial charge in [0.25, 0.3) is 0 Å². The molecule has 0 radical (unpaired) electrons. The molecule has 0 amide bonds. The molecule has 0 saturated carbocycles. The highest BCUT2D eigenvalue weighted by Crippen LogP contribution is 2.50. The van der Waals surface area contributed by atoms with Gasteiger partial charge in [-0.2, -0.15) is 0 Å². The lowest BCUT2D eigenvalue weighted by Gasteiger charge is -2.27. The Bertz CT molecular complexity index is 845. The van der Waals surface area contributed by atoms with Crippen LogP contribution in [0.3, 0.4) is 0 Å². The van der Waals surface area contributed by atoms with E-state index in [1.54, 1.807) is 30.0 Å². The van der Waals surface area contributed by atoms with Gasteiger partial charge in [0, 0.05) is 18.3 Å². The first-order valence-corrected chi connectivity index (χ1v) is 9.80. The van der Waals surface area contributed by atoms with Gasteiger partial charge in [0.1, 0.15) is 11.5 Å². The van der Waals surface area contributed by atoms with E-state index in [1.165, 1.54) is 32.4 Å². The molecule has 1 heterocycles. The molecule has 158 valence electrons. The molecule has 0 bridgehead atoms. The molecule has 2 unspecified atom stereocenters. The first-order valence-electron chi connectivity index (χ1n) is 8.86. The zero-order chi connectivity index (χ0) is 21.2. The van der Waals surface area contributed by atoms with Crippen LogP contribution >= 0.6 is 11.8 Å². The number of benzene rings is 2. The third-order valence-corrected chi connectivity index (χ3v) is 5.91. The third-order valence-electron chi connectivity index (χ3n) is 4.51. The van der Waals surface area contributed by atoms with Crippen LogP contribution in [0.15, 0.2) is 36.4 Å². The number of halogens is 4. The molecule has 3 rings (SSSR count). The molecule has 2 aromatic carbocycles. The highest BCUT2D eigenvalue weighted by atomic mass is 32.2. The summed E-state index contributed by atoms with van der Waals surface area (Å²) in [6, 6.07) is 8.62. The SMILES string of the molecule is COc1ccc(F)c(OC)c1C1SC(C)CN1Cc1ccc(OC(F)(F)F)cc1. The minimum atomic E-state index is -4.72. The normalized spacial score (nSPS) is 20.0. The lowest BCUT2D eigenvalue weighted by Crippen LogP contribution is -2.24. The highest BCUT2D eigenvalue weighted by Gasteiger charge is 2.36. The quantitative estimate of drug-likeness (QED) is 0.574. The second kappa shape index (κ2) is 8.71. The summed E-state index contributed by atoms with van der Waals surface area (Å²) in [6.45, 7) is 3.26. The lowest BCUT2D eigenvalue weighted by molar-refractivity contribution is -0.274. The molecule has 4 nitrogen and oxygen atoms in total. The molecule has 9 heteroatoms. The van der Waals surface area contributed by atoms with Crippen molar-refractivity contribution in [3.05, 3.63) is 53.3 Å². The summed E-state index contributed by atoms with van der Waals surface area (Å²) in [7, 11) is 2.93. The first kappa shape index (κ1) is 21.6. The molecule has 0 aromatic heterocycles. The molecule has 29 heavy (non-hydrogen) atoms. The summed E-state index contributed by atoms with van der Waals surface area (Å²) in [4.78, 5) is 2.12. The van der Waals surface area contributed by atoms with Crippen molar-refractivity contribution in [3.63, 3.8) is 0 Å². The summed E-state index contributed by atoms with van der Waals surface area (Å²) >= 11 is 1.65. The van der Waals surface area contributed by atoms with E-state index in [1.807, 2.05) is 0 Å². The molecule has 1 saturated heterocycles. The fraction of sp³-hybridized carbons (Fsp3) is 0.400. The maximum atomic E-state index is 14.3. The van der Waals surface area contributed by atoms with Crippen molar-refractivity contribution >= 4 is 11.8 Å². The summed E-state index contributed by atoms with van der Waals surface area (Å²) in [6.07, 6.45) is -4.72. The van der Waals surface area contributed by atoms with Crippen molar-refractivity contribution in [2.24, 2.45) is 0 Å². The number of hydrogen-bond acceptors (Lipinski definition) is 5. The molecule has 0 aliphatic carbocycles. The first-order chi connectivity index (χ1) is 13.7. The van der Waals surface area contributed by atoms with Crippen LogP contribution in [0.5, 0.6) is 17.2 Å². The number of alkyl halides is 3. The van der Waals surface area contributed by atoms with Crippen molar-refractivity contribution in [2.75, 3.05) is 20.8 Å². The Morgan fingerprint density at radius 3 is 2.34 bits per heavy atom. The van der Waals surface area contributed by atoms with Crippen LogP contribution in [0.2, 0.25) is 0 Å². The monoisotopic (exact) mass is 431 g/mol. The van der Waals surface area contributed by atoms with E-state index >= 15 is 0 Å². The molecular weight excluding hydrogens is 410 g/mol. The average molecular weight is 431 g/mol. The average Bonchev–Trinajstić information content (AvgIpc) is 3.01. The molecule has 1 aliphatic heterocycles. The predicted molar refractivity (Wildman–Crippen MR) is 103 cm³/mol. The highest BCUT2D eigenvalue weighted by molar-refractivity contribution is 8.00. The summed E-state index contributed by atoms with van der Waals surface area (Å²) in [5, 5.41) is 0.0437. The van der Waals surface area contributed by atoms with Gasteiger partial charge in [-0.15, -0.1) is 24.9 Å². The van der Waals surface area contributed by atoms with Gasteiger partial charge >= 0.3 is 6.36 Å². The fourth-order valence-electron chi connectivity index (χ4n) is 3.38. The Morgan fingerprint density at radius 2 is 1.76 bits per heavy atom. The number of hydrogen-bond donors (Lipinski definition) is 0. The molecule has 0 spiro atoms. The van der Waals surface area contributed by atoms with Crippen molar-refractivity contribution in [2.45, 2.75) is 30.5 Å². The van der Waals surface area contributed by atoms with Gasteiger partial charge in [0.15, 0.2) is 11.6 Å². The van der Waals surface area contributed by atoms with Crippen LogP contribution in [0.1, 0.15) is 23.4 Å². The Morgan fingerprint density at radius 1 is 1.07 bits per heavy atom. The molecule has 2 aromatic rings. The zero-order valence-corrected chi connectivity index (χ0v) is 16.9. The number of ether oxygens (including phenoxy) is 3. The van der Waals surface area contributed by atoms with Gasteiger partial charge in [-0.1, -0.05) is 19.1 Å².